The Bertz CT molecular complexity index is 1110. The van der Waals surface area contributed by atoms with Crippen molar-refractivity contribution in [1.82, 2.24) is 4.90 Å². The summed E-state index contributed by atoms with van der Waals surface area (Å²) >= 11 is 0. The van der Waals surface area contributed by atoms with Crippen molar-refractivity contribution in [3.63, 3.8) is 0 Å². The first-order chi connectivity index (χ1) is 16.5. The van der Waals surface area contributed by atoms with Crippen LogP contribution >= 0.6 is 0 Å². The Kier molecular flexibility index (Phi) is 7.36. The van der Waals surface area contributed by atoms with Crippen molar-refractivity contribution >= 4 is 23.2 Å². The van der Waals surface area contributed by atoms with Crippen LogP contribution in [0, 0.1) is 5.92 Å². The second-order valence-corrected chi connectivity index (χ2v) is 9.15. The summed E-state index contributed by atoms with van der Waals surface area (Å²) < 4.78 is 5.60. The maximum atomic E-state index is 13.8. The number of furan rings is 1. The summed E-state index contributed by atoms with van der Waals surface area (Å²) in [5.41, 5.74) is 3.76. The largest absolute Gasteiger partial charge is 0.467 e. The van der Waals surface area contributed by atoms with Gasteiger partial charge in [0.1, 0.15) is 5.76 Å². The fourth-order valence-electron chi connectivity index (χ4n) is 4.28. The Labute approximate surface area is 201 Å². The highest BCUT2D eigenvalue weighted by molar-refractivity contribution is 5.94. The van der Waals surface area contributed by atoms with Crippen LogP contribution < -0.4 is 10.2 Å². The highest BCUT2D eigenvalue weighted by Crippen LogP contribution is 2.32. The molecule has 1 heterocycles. The van der Waals surface area contributed by atoms with E-state index in [1.807, 2.05) is 91.5 Å². The molecular weight excluding hydrogens is 426 g/mol. The van der Waals surface area contributed by atoms with E-state index >= 15 is 0 Å². The van der Waals surface area contributed by atoms with Crippen molar-refractivity contribution in [3.8, 4) is 0 Å². The van der Waals surface area contributed by atoms with Gasteiger partial charge in [0.2, 0.25) is 11.8 Å². The molecule has 3 aromatic rings. The maximum Gasteiger partial charge on any atom is 0.230 e. The van der Waals surface area contributed by atoms with Gasteiger partial charge in [0.25, 0.3) is 0 Å². The summed E-state index contributed by atoms with van der Waals surface area (Å²) in [6.45, 7) is 2.82. The molecule has 0 spiro atoms. The normalized spacial score (nSPS) is 13.9. The average molecular weight is 460 g/mol. The van der Waals surface area contributed by atoms with Crippen molar-refractivity contribution < 1.29 is 14.0 Å². The van der Waals surface area contributed by atoms with Gasteiger partial charge in [-0.3, -0.25) is 9.59 Å². The molecular formula is C28H33N3O3. The Morgan fingerprint density at radius 2 is 1.79 bits per heavy atom. The van der Waals surface area contributed by atoms with Crippen LogP contribution in [0.1, 0.15) is 49.0 Å². The Morgan fingerprint density at radius 3 is 2.41 bits per heavy atom. The summed E-state index contributed by atoms with van der Waals surface area (Å²) in [5, 5.41) is 3.04. The third-order valence-electron chi connectivity index (χ3n) is 6.28. The van der Waals surface area contributed by atoms with Gasteiger partial charge in [0.15, 0.2) is 0 Å². The number of carbonyl (C=O) groups is 2. The lowest BCUT2D eigenvalue weighted by molar-refractivity contribution is -0.134. The molecule has 1 atom stereocenters. The van der Waals surface area contributed by atoms with Gasteiger partial charge in [-0.05, 0) is 60.7 Å². The SMILES string of the molecule is CC[C@@H](C(=O)N(Cc1ccco1)Cc1cc(NC(=O)C2CC2)ccc1N(C)C)c1ccccc1. The molecule has 1 saturated carbocycles. The van der Waals surface area contributed by atoms with Gasteiger partial charge in [0.05, 0.1) is 18.7 Å². The first-order valence-electron chi connectivity index (χ1n) is 11.9. The van der Waals surface area contributed by atoms with Gasteiger partial charge in [-0.25, -0.2) is 0 Å². The quantitative estimate of drug-likeness (QED) is 0.440. The molecule has 0 saturated heterocycles. The molecule has 0 aliphatic heterocycles. The fraction of sp³-hybridized carbons (Fsp3) is 0.357. The molecule has 1 aliphatic carbocycles. The Balaban J connectivity index is 1.64. The van der Waals surface area contributed by atoms with Crippen molar-refractivity contribution in [1.29, 1.82) is 0 Å². The van der Waals surface area contributed by atoms with Crippen molar-refractivity contribution in [2.75, 3.05) is 24.3 Å². The van der Waals surface area contributed by atoms with E-state index in [0.29, 0.717) is 19.5 Å². The van der Waals surface area contributed by atoms with Crippen LogP contribution in [0.25, 0.3) is 0 Å². The number of anilines is 2. The highest BCUT2D eigenvalue weighted by Gasteiger charge is 2.30. The molecule has 2 aromatic carbocycles. The van der Waals surface area contributed by atoms with Crippen LogP contribution in [-0.2, 0) is 22.7 Å². The van der Waals surface area contributed by atoms with Crippen molar-refractivity contribution in [2.45, 2.75) is 45.2 Å². The highest BCUT2D eigenvalue weighted by atomic mass is 16.3. The third-order valence-corrected chi connectivity index (χ3v) is 6.28. The predicted molar refractivity (Wildman–Crippen MR) is 135 cm³/mol. The van der Waals surface area contributed by atoms with Crippen LogP contribution in [-0.4, -0.2) is 30.8 Å². The van der Waals surface area contributed by atoms with E-state index in [1.54, 1.807) is 6.26 Å². The fourth-order valence-corrected chi connectivity index (χ4v) is 4.28. The minimum atomic E-state index is -0.239. The summed E-state index contributed by atoms with van der Waals surface area (Å²) in [7, 11) is 3.97. The first-order valence-corrected chi connectivity index (χ1v) is 11.9. The molecule has 1 aliphatic rings. The third kappa shape index (κ3) is 5.68. The second-order valence-electron chi connectivity index (χ2n) is 9.15. The molecule has 0 unspecified atom stereocenters. The number of nitrogens with one attached hydrogen (secondary N) is 1. The van der Waals surface area contributed by atoms with Gasteiger partial charge in [0, 0.05) is 37.9 Å². The Morgan fingerprint density at radius 1 is 1.03 bits per heavy atom. The van der Waals surface area contributed by atoms with Gasteiger partial charge >= 0.3 is 0 Å². The molecule has 0 radical (unpaired) electrons. The summed E-state index contributed by atoms with van der Waals surface area (Å²) in [4.78, 5) is 30.1. The summed E-state index contributed by atoms with van der Waals surface area (Å²) in [6.07, 6.45) is 4.25. The van der Waals surface area contributed by atoms with Crippen molar-refractivity contribution in [2.24, 2.45) is 5.92 Å². The predicted octanol–water partition coefficient (Wildman–Crippen LogP) is 5.42. The topological polar surface area (TPSA) is 65.8 Å². The molecule has 1 N–H and O–H groups in total. The lowest BCUT2D eigenvalue weighted by atomic mass is 9.94. The van der Waals surface area contributed by atoms with E-state index in [2.05, 4.69) is 5.32 Å². The van der Waals surface area contributed by atoms with Gasteiger partial charge in [-0.1, -0.05) is 37.3 Å². The van der Waals surface area contributed by atoms with Crippen LogP contribution in [0.3, 0.4) is 0 Å². The van der Waals surface area contributed by atoms with E-state index in [9.17, 15) is 9.59 Å². The molecule has 1 fully saturated rings. The van der Waals surface area contributed by atoms with Crippen LogP contribution in [0.15, 0.2) is 71.3 Å². The maximum absolute atomic E-state index is 13.8. The average Bonchev–Trinajstić information content (AvgIpc) is 3.57. The molecule has 178 valence electrons. The van der Waals surface area contributed by atoms with E-state index < -0.39 is 0 Å². The lowest BCUT2D eigenvalue weighted by Gasteiger charge is -2.29. The van der Waals surface area contributed by atoms with Gasteiger partial charge in [-0.15, -0.1) is 0 Å². The first kappa shape index (κ1) is 23.6. The molecule has 1 aromatic heterocycles. The lowest BCUT2D eigenvalue weighted by Crippen LogP contribution is -2.34. The smallest absolute Gasteiger partial charge is 0.230 e. The molecule has 0 bridgehead atoms. The summed E-state index contributed by atoms with van der Waals surface area (Å²) in [5.74, 6) is 0.757. The minimum absolute atomic E-state index is 0.0576. The van der Waals surface area contributed by atoms with Crippen LogP contribution in [0.4, 0.5) is 11.4 Å². The van der Waals surface area contributed by atoms with Crippen LogP contribution in [0.2, 0.25) is 0 Å². The van der Waals surface area contributed by atoms with Crippen molar-refractivity contribution in [3.05, 3.63) is 83.8 Å². The number of carbonyl (C=O) groups excluding carboxylic acids is 2. The van der Waals surface area contributed by atoms with E-state index in [4.69, 9.17) is 4.42 Å². The van der Waals surface area contributed by atoms with Gasteiger partial charge < -0.3 is 19.5 Å². The number of hydrogen-bond acceptors (Lipinski definition) is 4. The molecule has 4 rings (SSSR count). The second kappa shape index (κ2) is 10.6. The van der Waals surface area contributed by atoms with E-state index in [0.717, 1.165) is 41.1 Å². The Hall–Kier alpha value is -3.54. The zero-order valence-electron chi connectivity index (χ0n) is 20.2. The minimum Gasteiger partial charge on any atom is -0.467 e. The number of rotatable bonds is 10. The monoisotopic (exact) mass is 459 g/mol. The number of nitrogens with zero attached hydrogens (tertiary/aromatic N) is 2. The molecule has 2 amide bonds. The number of hydrogen-bond donors (Lipinski definition) is 1. The summed E-state index contributed by atoms with van der Waals surface area (Å²) in [6, 6.07) is 19.6. The van der Waals surface area contributed by atoms with Crippen LogP contribution in [0.5, 0.6) is 0 Å². The molecule has 6 nitrogen and oxygen atoms in total. The standard InChI is InChI=1S/C28H33N3O3/c1-4-25(20-9-6-5-7-10-20)28(33)31(19-24-11-8-16-34-24)18-22-17-23(14-15-26(22)30(2)3)29-27(32)21-12-13-21/h5-11,14-17,21,25H,4,12-13,18-19H2,1-3H3,(H,29,32)/t25-/m1/s1. The molecule has 34 heavy (non-hydrogen) atoms. The van der Waals surface area contributed by atoms with E-state index in [-0.39, 0.29) is 23.7 Å². The molecule has 6 heteroatoms. The zero-order chi connectivity index (χ0) is 24.1. The number of benzene rings is 2. The zero-order valence-corrected chi connectivity index (χ0v) is 20.2. The van der Waals surface area contributed by atoms with E-state index in [1.165, 1.54) is 0 Å². The number of amides is 2. The van der Waals surface area contributed by atoms with Gasteiger partial charge in [-0.2, -0.15) is 0 Å².